The zero-order valence-electron chi connectivity index (χ0n) is 17.4. The molecule has 1 N–H and O–H groups in total. The van der Waals surface area contributed by atoms with Crippen molar-refractivity contribution in [3.8, 4) is 0 Å². The number of carbonyl (C=O) groups excluding carboxylic acids is 1. The first-order valence-electron chi connectivity index (χ1n) is 8.73. The standard InChI is InChI=1S/C15H37NO5Si4/c1-11-18-15(17)16-13-12-14-25(19-22(2,3)4,20-23(5,6)7)21-24(8,9)10/h11H,1,12-14H2,2-10H3,(H,16,17). The maximum absolute atomic E-state index is 11.4. The maximum atomic E-state index is 11.4. The van der Waals surface area contributed by atoms with Crippen LogP contribution in [-0.2, 0) is 17.1 Å². The molecular weight excluding hydrogens is 387 g/mol. The van der Waals surface area contributed by atoms with Gasteiger partial charge in [0.1, 0.15) is 0 Å². The lowest BCUT2D eigenvalue weighted by Crippen LogP contribution is -2.60. The molecule has 0 saturated carbocycles. The molecule has 0 aliphatic heterocycles. The van der Waals surface area contributed by atoms with Gasteiger partial charge in [0.15, 0.2) is 25.0 Å². The van der Waals surface area contributed by atoms with Crippen LogP contribution < -0.4 is 5.32 Å². The van der Waals surface area contributed by atoms with E-state index in [0.717, 1.165) is 12.7 Å². The van der Waals surface area contributed by atoms with Crippen molar-refractivity contribution in [1.29, 1.82) is 0 Å². The van der Waals surface area contributed by atoms with E-state index in [9.17, 15) is 4.79 Å². The van der Waals surface area contributed by atoms with Crippen molar-refractivity contribution in [1.82, 2.24) is 5.32 Å². The van der Waals surface area contributed by atoms with Gasteiger partial charge in [0, 0.05) is 12.6 Å². The van der Waals surface area contributed by atoms with E-state index in [1.807, 2.05) is 0 Å². The molecule has 0 rings (SSSR count). The smallest absolute Gasteiger partial charge is 0.419 e. The highest BCUT2D eigenvalue weighted by Gasteiger charge is 2.49. The minimum Gasteiger partial charge on any atom is -0.419 e. The number of hydrogen-bond donors (Lipinski definition) is 1. The van der Waals surface area contributed by atoms with Gasteiger partial charge in [-0.05, 0) is 65.3 Å². The predicted molar refractivity (Wildman–Crippen MR) is 113 cm³/mol. The average molecular weight is 424 g/mol. The highest BCUT2D eigenvalue weighted by molar-refractivity contribution is 6.90. The lowest BCUT2D eigenvalue weighted by Gasteiger charge is -2.42. The van der Waals surface area contributed by atoms with Crippen molar-refractivity contribution >= 4 is 39.8 Å². The van der Waals surface area contributed by atoms with Crippen LogP contribution in [0, 0.1) is 0 Å². The first-order valence-corrected chi connectivity index (χ1v) is 20.9. The van der Waals surface area contributed by atoms with Crippen LogP contribution in [0.2, 0.25) is 65.0 Å². The first kappa shape index (κ1) is 24.8. The zero-order chi connectivity index (χ0) is 19.9. The van der Waals surface area contributed by atoms with Crippen LogP contribution in [0.5, 0.6) is 0 Å². The molecule has 0 heterocycles. The molecule has 0 radical (unpaired) electrons. The largest absolute Gasteiger partial charge is 0.469 e. The molecule has 1 amide bonds. The van der Waals surface area contributed by atoms with Crippen LogP contribution in [0.15, 0.2) is 12.8 Å². The SMILES string of the molecule is C=COC(=O)NCCC[Si](O[Si](C)(C)C)(O[Si](C)(C)C)O[Si](C)(C)C. The van der Waals surface area contributed by atoms with E-state index in [2.05, 4.69) is 75.6 Å². The van der Waals surface area contributed by atoms with Crippen molar-refractivity contribution in [3.05, 3.63) is 12.8 Å². The lowest BCUT2D eigenvalue weighted by atomic mass is 10.5. The highest BCUT2D eigenvalue weighted by Crippen LogP contribution is 2.29. The van der Waals surface area contributed by atoms with E-state index >= 15 is 0 Å². The molecule has 0 fully saturated rings. The molecule has 0 atom stereocenters. The second-order valence-corrected chi connectivity index (χ2v) is 25.9. The summed E-state index contributed by atoms with van der Waals surface area (Å²) in [5, 5.41) is 2.70. The van der Waals surface area contributed by atoms with E-state index < -0.39 is 39.8 Å². The fourth-order valence-electron chi connectivity index (χ4n) is 2.23. The quantitative estimate of drug-likeness (QED) is 0.295. The van der Waals surface area contributed by atoms with Crippen LogP contribution in [0.1, 0.15) is 6.42 Å². The van der Waals surface area contributed by atoms with E-state index in [-0.39, 0.29) is 0 Å². The minimum atomic E-state index is -2.82. The van der Waals surface area contributed by atoms with Gasteiger partial charge in [-0.15, -0.1) is 0 Å². The van der Waals surface area contributed by atoms with Gasteiger partial charge in [0.25, 0.3) is 0 Å². The van der Waals surface area contributed by atoms with E-state index in [1.54, 1.807) is 0 Å². The Labute approximate surface area is 158 Å². The fourth-order valence-corrected chi connectivity index (χ4v) is 16.9. The highest BCUT2D eigenvalue weighted by atomic mass is 28.5. The minimum absolute atomic E-state index is 0.487. The van der Waals surface area contributed by atoms with Crippen LogP contribution >= 0.6 is 0 Å². The summed E-state index contributed by atoms with van der Waals surface area (Å²) < 4.78 is 24.4. The van der Waals surface area contributed by atoms with E-state index in [0.29, 0.717) is 12.6 Å². The molecule has 25 heavy (non-hydrogen) atoms. The topological polar surface area (TPSA) is 66.0 Å². The molecule has 0 aromatic rings. The number of alkyl carbamates (subject to hydrolysis) is 1. The number of nitrogens with one attached hydrogen (secondary N) is 1. The molecular formula is C15H37NO5Si4. The van der Waals surface area contributed by atoms with Crippen LogP contribution in [-0.4, -0.2) is 46.4 Å². The number of carbonyl (C=O) groups is 1. The number of hydrogen-bond acceptors (Lipinski definition) is 5. The van der Waals surface area contributed by atoms with Gasteiger partial charge in [-0.2, -0.15) is 0 Å². The van der Waals surface area contributed by atoms with Gasteiger partial charge in [-0.25, -0.2) is 4.79 Å². The summed E-state index contributed by atoms with van der Waals surface area (Å²) in [4.78, 5) is 11.4. The van der Waals surface area contributed by atoms with Crippen LogP contribution in [0.4, 0.5) is 4.79 Å². The Morgan fingerprint density at radius 1 is 0.880 bits per heavy atom. The predicted octanol–water partition coefficient (Wildman–Crippen LogP) is 4.74. The van der Waals surface area contributed by atoms with Gasteiger partial charge in [0.2, 0.25) is 0 Å². The Hall–Kier alpha value is -0.242. The summed E-state index contributed by atoms with van der Waals surface area (Å²) in [5.74, 6) is 0. The summed E-state index contributed by atoms with van der Waals surface area (Å²) in [6.07, 6.45) is 1.34. The molecule has 0 aliphatic carbocycles. The van der Waals surface area contributed by atoms with Crippen molar-refractivity contribution in [3.63, 3.8) is 0 Å². The third kappa shape index (κ3) is 13.6. The Balaban J connectivity index is 5.23. The van der Waals surface area contributed by atoms with Crippen molar-refractivity contribution < 1.29 is 21.9 Å². The fraction of sp³-hybridized carbons (Fsp3) is 0.800. The average Bonchev–Trinajstić information content (AvgIpc) is 2.28. The van der Waals surface area contributed by atoms with Crippen molar-refractivity contribution in [2.75, 3.05) is 6.54 Å². The Morgan fingerprint density at radius 3 is 1.60 bits per heavy atom. The third-order valence-corrected chi connectivity index (χ3v) is 14.6. The molecule has 0 unspecified atom stereocenters. The van der Waals surface area contributed by atoms with Crippen LogP contribution in [0.3, 0.4) is 0 Å². The Kier molecular flexibility index (Phi) is 9.53. The Morgan fingerprint density at radius 2 is 1.28 bits per heavy atom. The summed E-state index contributed by atoms with van der Waals surface area (Å²) in [7, 11) is -8.39. The number of rotatable bonds is 11. The molecule has 0 spiro atoms. The number of amides is 1. The second-order valence-electron chi connectivity index (χ2n) is 8.93. The normalized spacial score (nSPS) is 13.5. The van der Waals surface area contributed by atoms with Gasteiger partial charge < -0.3 is 22.4 Å². The van der Waals surface area contributed by atoms with Gasteiger partial charge in [-0.1, -0.05) is 6.58 Å². The summed E-state index contributed by atoms with van der Waals surface area (Å²) in [6.45, 7) is 23.3. The monoisotopic (exact) mass is 423 g/mol. The zero-order valence-corrected chi connectivity index (χ0v) is 21.4. The first-order chi connectivity index (χ1) is 11.1. The van der Waals surface area contributed by atoms with Gasteiger partial charge in [0.05, 0.1) is 6.26 Å². The molecule has 148 valence electrons. The summed E-state index contributed by atoms with van der Waals surface area (Å²) in [5.41, 5.74) is 0. The number of ether oxygens (including phenoxy) is 1. The van der Waals surface area contributed by atoms with Gasteiger partial charge >= 0.3 is 14.9 Å². The van der Waals surface area contributed by atoms with E-state index in [4.69, 9.17) is 12.3 Å². The molecule has 0 aromatic carbocycles. The van der Waals surface area contributed by atoms with Crippen molar-refractivity contribution in [2.24, 2.45) is 0 Å². The third-order valence-electron chi connectivity index (χ3n) is 2.50. The molecule has 6 nitrogen and oxygen atoms in total. The molecule has 0 aliphatic rings. The van der Waals surface area contributed by atoms with Crippen molar-refractivity contribution in [2.45, 2.75) is 71.4 Å². The maximum Gasteiger partial charge on any atom is 0.469 e. The van der Waals surface area contributed by atoms with Gasteiger partial charge in [-0.3, -0.25) is 0 Å². The summed E-state index contributed by atoms with van der Waals surface area (Å²) in [6, 6.07) is 0.695. The molecule has 10 heteroatoms. The summed E-state index contributed by atoms with van der Waals surface area (Å²) >= 11 is 0. The van der Waals surface area contributed by atoms with E-state index in [1.165, 1.54) is 0 Å². The Bertz CT molecular complexity index is 400. The van der Waals surface area contributed by atoms with Crippen LogP contribution in [0.25, 0.3) is 0 Å². The second kappa shape index (κ2) is 9.62. The lowest BCUT2D eigenvalue weighted by molar-refractivity contribution is 0.185. The molecule has 0 bridgehead atoms. The molecule has 0 saturated heterocycles. The molecule has 0 aromatic heterocycles.